The molecule has 5 nitrogen and oxygen atoms in total. The van der Waals surface area contributed by atoms with E-state index in [0.29, 0.717) is 25.8 Å². The Kier molecular flexibility index (Phi) is 7.16. The largest absolute Gasteiger partial charge is 0.421 e. The summed E-state index contributed by atoms with van der Waals surface area (Å²) in [4.78, 5) is 29.2. The number of aliphatic imine (C=N–C) groups is 1. The zero-order chi connectivity index (χ0) is 23.7. The zero-order valence-electron chi connectivity index (χ0n) is 17.5. The Morgan fingerprint density at radius 1 is 1.03 bits per heavy atom. The average molecular weight is 681 g/mol. The van der Waals surface area contributed by atoms with Crippen LogP contribution < -0.4 is 4.74 Å². The predicted octanol–water partition coefficient (Wildman–Crippen LogP) is 7.00. The van der Waals surface area contributed by atoms with Crippen molar-refractivity contribution in [3.8, 4) is 5.75 Å². The zero-order valence-corrected chi connectivity index (χ0v) is 22.8. The lowest BCUT2D eigenvalue weighted by Gasteiger charge is -2.10. The maximum Gasteiger partial charge on any atom is 0.363 e. The molecule has 0 unspecified atom stereocenters. The van der Waals surface area contributed by atoms with Gasteiger partial charge in [-0.1, -0.05) is 17.7 Å². The van der Waals surface area contributed by atoms with E-state index >= 15 is 0 Å². The quantitative estimate of drug-likeness (QED) is 0.129. The number of hydrogen-bond acceptors (Lipinski definition) is 5. The van der Waals surface area contributed by atoms with Crippen molar-refractivity contribution in [2.45, 2.75) is 13.8 Å². The number of rotatable bonds is 4. The van der Waals surface area contributed by atoms with Gasteiger partial charge in [-0.3, -0.25) is 0 Å². The Bertz CT molecular complexity index is 1320. The Hall–Kier alpha value is -2.30. The van der Waals surface area contributed by atoms with Crippen molar-refractivity contribution in [1.82, 2.24) is 0 Å². The van der Waals surface area contributed by atoms with E-state index in [9.17, 15) is 9.59 Å². The van der Waals surface area contributed by atoms with Crippen molar-refractivity contribution in [3.05, 3.63) is 101 Å². The third kappa shape index (κ3) is 5.44. The normalized spacial score (nSPS) is 14.3. The van der Waals surface area contributed by atoms with Crippen LogP contribution in [0.1, 0.15) is 32.6 Å². The van der Waals surface area contributed by atoms with Crippen LogP contribution in [0, 0.1) is 17.4 Å². The lowest BCUT2D eigenvalue weighted by atomic mass is 10.1. The van der Waals surface area contributed by atoms with Crippen LogP contribution in [0.2, 0.25) is 0 Å². The highest BCUT2D eigenvalue weighted by Crippen LogP contribution is 2.36. The Balaban J connectivity index is 1.59. The van der Waals surface area contributed by atoms with Crippen LogP contribution in [0.4, 0.5) is 0 Å². The minimum absolute atomic E-state index is 0.185. The summed E-state index contributed by atoms with van der Waals surface area (Å²) in [7, 11) is 0. The van der Waals surface area contributed by atoms with Crippen LogP contribution in [0.5, 0.6) is 5.75 Å². The number of carbonyl (C=O) groups excluding carboxylic acids is 2. The molecule has 1 heterocycles. The van der Waals surface area contributed by atoms with Crippen molar-refractivity contribution in [2.24, 2.45) is 4.99 Å². The molecule has 1 aliphatic heterocycles. The molecule has 0 spiro atoms. The molecule has 3 aromatic carbocycles. The number of hydrogen-bond donors (Lipinski definition) is 0. The summed E-state index contributed by atoms with van der Waals surface area (Å²) in [5.41, 5.74) is 4.19. The highest BCUT2D eigenvalue weighted by atomic mass is 127. The predicted molar refractivity (Wildman–Crippen MR) is 142 cm³/mol. The molecule has 0 N–H and O–H groups in total. The molecular formula is C25H16Br2INO4. The molecule has 0 atom stereocenters. The summed E-state index contributed by atoms with van der Waals surface area (Å²) in [6.45, 7) is 3.94. The Labute approximate surface area is 221 Å². The van der Waals surface area contributed by atoms with Crippen LogP contribution >= 0.6 is 54.5 Å². The lowest BCUT2D eigenvalue weighted by molar-refractivity contribution is -0.129. The number of carbonyl (C=O) groups is 2. The molecule has 0 bridgehead atoms. The van der Waals surface area contributed by atoms with E-state index in [4.69, 9.17) is 9.47 Å². The van der Waals surface area contributed by atoms with Gasteiger partial charge >= 0.3 is 11.9 Å². The number of aryl methyl sites for hydroxylation is 2. The van der Waals surface area contributed by atoms with Gasteiger partial charge in [-0.05, 0) is 128 Å². The van der Waals surface area contributed by atoms with Crippen LogP contribution in [0.25, 0.3) is 6.08 Å². The van der Waals surface area contributed by atoms with E-state index < -0.39 is 11.9 Å². The van der Waals surface area contributed by atoms with Gasteiger partial charge in [-0.2, -0.15) is 0 Å². The van der Waals surface area contributed by atoms with Crippen molar-refractivity contribution in [1.29, 1.82) is 0 Å². The molecule has 0 amide bonds. The minimum Gasteiger partial charge on any atom is -0.421 e. The fraction of sp³-hybridized carbons (Fsp3) is 0.0800. The van der Waals surface area contributed by atoms with Gasteiger partial charge < -0.3 is 9.47 Å². The topological polar surface area (TPSA) is 65.0 Å². The van der Waals surface area contributed by atoms with Gasteiger partial charge in [0.15, 0.2) is 11.4 Å². The van der Waals surface area contributed by atoms with Crippen molar-refractivity contribution in [3.63, 3.8) is 0 Å². The van der Waals surface area contributed by atoms with Crippen LogP contribution in [0.3, 0.4) is 0 Å². The Morgan fingerprint density at radius 2 is 1.70 bits per heavy atom. The highest BCUT2D eigenvalue weighted by Gasteiger charge is 2.25. The van der Waals surface area contributed by atoms with E-state index in [1.807, 2.05) is 44.2 Å². The fourth-order valence-electron chi connectivity index (χ4n) is 3.07. The van der Waals surface area contributed by atoms with E-state index in [0.717, 1.165) is 20.3 Å². The summed E-state index contributed by atoms with van der Waals surface area (Å²) in [5, 5.41) is 0. The number of nitrogens with zero attached hydrogens (tertiary/aromatic N) is 1. The van der Waals surface area contributed by atoms with Gasteiger partial charge in [0.25, 0.3) is 0 Å². The highest BCUT2D eigenvalue weighted by molar-refractivity contribution is 14.1. The van der Waals surface area contributed by atoms with Gasteiger partial charge in [0.05, 0.1) is 14.5 Å². The second-order valence-electron chi connectivity index (χ2n) is 7.37. The molecule has 3 aromatic rings. The van der Waals surface area contributed by atoms with Gasteiger partial charge in [0.2, 0.25) is 5.90 Å². The number of ether oxygens (including phenoxy) is 2. The molecule has 1 aliphatic rings. The van der Waals surface area contributed by atoms with Crippen molar-refractivity contribution in [2.75, 3.05) is 0 Å². The average Bonchev–Trinajstić information content (AvgIpc) is 3.13. The monoisotopic (exact) mass is 679 g/mol. The maximum absolute atomic E-state index is 12.5. The summed E-state index contributed by atoms with van der Waals surface area (Å²) in [6, 6.07) is 16.4. The van der Waals surface area contributed by atoms with Crippen LogP contribution in [-0.2, 0) is 9.53 Å². The molecule has 0 aromatic heterocycles. The Morgan fingerprint density at radius 3 is 2.33 bits per heavy atom. The van der Waals surface area contributed by atoms with E-state index in [-0.39, 0.29) is 11.6 Å². The fourth-order valence-corrected chi connectivity index (χ4v) is 4.79. The standard InChI is InChI=1S/C25H16Br2INO4/c1-13-3-5-16(6-4-13)24(30)32-22-18(26)10-15(11-19(22)27)12-21-25(31)33-23(29-21)17-7-8-20(28)14(2)9-17/h3-12H,1-2H3/b21-12-. The summed E-state index contributed by atoms with van der Waals surface area (Å²) < 4.78 is 13.2. The minimum atomic E-state index is -0.525. The molecule has 0 aliphatic carbocycles. The first-order valence-electron chi connectivity index (χ1n) is 9.78. The second-order valence-corrected chi connectivity index (χ2v) is 10.2. The third-order valence-electron chi connectivity index (χ3n) is 4.83. The van der Waals surface area contributed by atoms with E-state index in [2.05, 4.69) is 59.4 Å². The molecule has 0 fully saturated rings. The van der Waals surface area contributed by atoms with Gasteiger partial charge in [-0.15, -0.1) is 0 Å². The number of cyclic esters (lactones) is 1. The second kappa shape index (κ2) is 9.90. The summed E-state index contributed by atoms with van der Waals surface area (Å²) in [6.07, 6.45) is 1.62. The maximum atomic E-state index is 12.5. The van der Waals surface area contributed by atoms with E-state index in [1.165, 1.54) is 0 Å². The molecular weight excluding hydrogens is 665 g/mol. The molecule has 33 heavy (non-hydrogen) atoms. The molecule has 0 saturated carbocycles. The van der Waals surface area contributed by atoms with Gasteiger partial charge in [0, 0.05) is 9.13 Å². The first-order valence-corrected chi connectivity index (χ1v) is 12.4. The first kappa shape index (κ1) is 23.8. The number of halogens is 3. The molecule has 8 heteroatoms. The van der Waals surface area contributed by atoms with Crippen LogP contribution in [-0.4, -0.2) is 17.8 Å². The number of esters is 2. The van der Waals surface area contributed by atoms with Crippen LogP contribution in [0.15, 0.2) is 74.2 Å². The molecule has 0 radical (unpaired) electrons. The first-order chi connectivity index (χ1) is 15.7. The summed E-state index contributed by atoms with van der Waals surface area (Å²) in [5.74, 6) is -0.380. The SMILES string of the molecule is Cc1ccc(C(=O)Oc2c(Br)cc(/C=C3\N=C(c4ccc(I)c(C)c4)OC3=O)cc2Br)cc1. The molecule has 166 valence electrons. The third-order valence-corrected chi connectivity index (χ3v) is 7.22. The molecule has 4 rings (SSSR count). The van der Waals surface area contributed by atoms with Crippen molar-refractivity contribution < 1.29 is 19.1 Å². The van der Waals surface area contributed by atoms with Crippen molar-refractivity contribution >= 4 is 78.4 Å². The molecule has 0 saturated heterocycles. The van der Waals surface area contributed by atoms with E-state index in [1.54, 1.807) is 30.3 Å². The smallest absolute Gasteiger partial charge is 0.363 e. The van der Waals surface area contributed by atoms with Gasteiger partial charge in [-0.25, -0.2) is 14.6 Å². The lowest BCUT2D eigenvalue weighted by Crippen LogP contribution is -2.09. The summed E-state index contributed by atoms with van der Waals surface area (Å²) >= 11 is 9.15. The van der Waals surface area contributed by atoms with Gasteiger partial charge in [0.1, 0.15) is 0 Å². The number of benzene rings is 3.